The normalized spacial score (nSPS) is 10.4. The van der Waals surface area contributed by atoms with E-state index < -0.39 is 0 Å². The molecule has 5 heteroatoms. The number of benzene rings is 1. The van der Waals surface area contributed by atoms with Crippen molar-refractivity contribution in [3.05, 3.63) is 47.9 Å². The average Bonchev–Trinajstić information content (AvgIpc) is 2.57. The van der Waals surface area contributed by atoms with Crippen LogP contribution in [0.1, 0.15) is 42.7 Å². The molecule has 0 radical (unpaired) electrons. The molecule has 0 saturated heterocycles. The highest BCUT2D eigenvalue weighted by Crippen LogP contribution is 2.14. The van der Waals surface area contributed by atoms with E-state index in [1.165, 1.54) is 6.33 Å². The molecule has 0 saturated carbocycles. The molecule has 23 heavy (non-hydrogen) atoms. The van der Waals surface area contributed by atoms with Crippen molar-refractivity contribution < 1.29 is 4.79 Å². The zero-order valence-electron chi connectivity index (χ0n) is 14.0. The lowest BCUT2D eigenvalue weighted by Crippen LogP contribution is -2.26. The van der Waals surface area contributed by atoms with Gasteiger partial charge in [-0.25, -0.2) is 9.97 Å². The number of carbonyl (C=O) groups excluding carboxylic acids is 1. The molecule has 0 aliphatic rings. The predicted octanol–water partition coefficient (Wildman–Crippen LogP) is 3.66. The Kier molecular flexibility index (Phi) is 6.09. The van der Waals surface area contributed by atoms with Crippen molar-refractivity contribution in [2.75, 3.05) is 23.3 Å². The maximum atomic E-state index is 12.4. The lowest BCUT2D eigenvalue weighted by Gasteiger charge is -2.22. The van der Waals surface area contributed by atoms with E-state index in [1.807, 2.05) is 31.2 Å². The fraction of sp³-hybridized carbons (Fsp3) is 0.389. The molecule has 0 aliphatic carbocycles. The lowest BCUT2D eigenvalue weighted by atomic mass is 10.2. The third-order valence-electron chi connectivity index (χ3n) is 3.51. The number of carbonyl (C=O) groups is 1. The van der Waals surface area contributed by atoms with E-state index in [1.54, 1.807) is 6.07 Å². The quantitative estimate of drug-likeness (QED) is 0.847. The largest absolute Gasteiger partial charge is 0.357 e. The highest BCUT2D eigenvalue weighted by atomic mass is 16.1. The summed E-state index contributed by atoms with van der Waals surface area (Å²) in [5.41, 5.74) is 2.30. The summed E-state index contributed by atoms with van der Waals surface area (Å²) in [6.07, 6.45) is 3.53. The molecule has 0 spiro atoms. The number of aryl methyl sites for hydroxylation is 1. The van der Waals surface area contributed by atoms with Gasteiger partial charge < -0.3 is 10.2 Å². The third-order valence-corrected chi connectivity index (χ3v) is 3.51. The number of nitrogens with zero attached hydrogens (tertiary/aromatic N) is 3. The summed E-state index contributed by atoms with van der Waals surface area (Å²) in [6, 6.07) is 9.46. The van der Waals surface area contributed by atoms with Gasteiger partial charge in [-0.1, -0.05) is 31.5 Å². The van der Waals surface area contributed by atoms with Gasteiger partial charge in [-0.15, -0.1) is 0 Å². The van der Waals surface area contributed by atoms with Gasteiger partial charge in [0.05, 0.1) is 0 Å². The van der Waals surface area contributed by atoms with Crippen LogP contribution >= 0.6 is 0 Å². The Hall–Kier alpha value is -2.43. The van der Waals surface area contributed by atoms with Crippen LogP contribution in [0.3, 0.4) is 0 Å². The van der Waals surface area contributed by atoms with Crippen molar-refractivity contribution in [1.82, 2.24) is 9.97 Å². The van der Waals surface area contributed by atoms with E-state index in [9.17, 15) is 4.79 Å². The van der Waals surface area contributed by atoms with Crippen LogP contribution in [0.5, 0.6) is 0 Å². The standard InChI is InChI=1S/C18H24N4O/c1-4-10-22(11-5-2)17-12-16(19-13-20-17)18(23)21-15-8-6-14(3)7-9-15/h6-9,12-13H,4-5,10-11H2,1-3H3,(H,21,23). The lowest BCUT2D eigenvalue weighted by molar-refractivity contribution is 0.102. The van der Waals surface area contributed by atoms with Gasteiger partial charge in [-0.2, -0.15) is 0 Å². The van der Waals surface area contributed by atoms with Crippen LogP contribution in [0.4, 0.5) is 11.5 Å². The third kappa shape index (κ3) is 4.77. The second-order valence-corrected chi connectivity index (χ2v) is 5.57. The van der Waals surface area contributed by atoms with Crippen LogP contribution < -0.4 is 10.2 Å². The molecule has 1 heterocycles. The molecular weight excluding hydrogens is 288 g/mol. The number of hydrogen-bond donors (Lipinski definition) is 1. The number of aromatic nitrogens is 2. The minimum absolute atomic E-state index is 0.217. The summed E-state index contributed by atoms with van der Waals surface area (Å²) in [5, 5.41) is 2.87. The van der Waals surface area contributed by atoms with Crippen LogP contribution in [-0.4, -0.2) is 29.0 Å². The zero-order chi connectivity index (χ0) is 16.7. The Morgan fingerprint density at radius 3 is 2.35 bits per heavy atom. The van der Waals surface area contributed by atoms with Crippen molar-refractivity contribution >= 4 is 17.4 Å². The molecule has 1 aromatic heterocycles. The monoisotopic (exact) mass is 312 g/mol. The molecule has 122 valence electrons. The summed E-state index contributed by atoms with van der Waals surface area (Å²) < 4.78 is 0. The molecule has 0 atom stereocenters. The van der Waals surface area contributed by atoms with Crippen molar-refractivity contribution in [3.63, 3.8) is 0 Å². The number of nitrogens with one attached hydrogen (secondary N) is 1. The SMILES string of the molecule is CCCN(CCC)c1cc(C(=O)Nc2ccc(C)cc2)ncn1. The molecule has 0 aliphatic heterocycles. The van der Waals surface area contributed by atoms with Gasteiger partial charge in [0, 0.05) is 24.8 Å². The van der Waals surface area contributed by atoms with E-state index in [0.717, 1.165) is 43.0 Å². The first-order valence-corrected chi connectivity index (χ1v) is 8.09. The molecule has 2 aromatic rings. The Morgan fingerprint density at radius 1 is 1.09 bits per heavy atom. The van der Waals surface area contributed by atoms with Crippen LogP contribution in [0, 0.1) is 6.92 Å². The minimum atomic E-state index is -0.217. The molecule has 0 unspecified atom stereocenters. The van der Waals surface area contributed by atoms with E-state index in [0.29, 0.717) is 5.69 Å². The molecular formula is C18H24N4O. The number of rotatable bonds is 7. The van der Waals surface area contributed by atoms with Crippen LogP contribution in [0.25, 0.3) is 0 Å². The predicted molar refractivity (Wildman–Crippen MR) is 94.0 cm³/mol. The van der Waals surface area contributed by atoms with Crippen molar-refractivity contribution in [1.29, 1.82) is 0 Å². The van der Waals surface area contributed by atoms with Gasteiger partial charge in [0.15, 0.2) is 0 Å². The number of anilines is 2. The van der Waals surface area contributed by atoms with Crippen molar-refractivity contribution in [3.8, 4) is 0 Å². The summed E-state index contributed by atoms with van der Waals surface area (Å²) >= 11 is 0. The molecule has 0 bridgehead atoms. The topological polar surface area (TPSA) is 58.1 Å². The van der Waals surface area contributed by atoms with Gasteiger partial charge in [-0.05, 0) is 31.9 Å². The first kappa shape index (κ1) is 16.9. The van der Waals surface area contributed by atoms with Crippen LogP contribution in [0.15, 0.2) is 36.7 Å². The van der Waals surface area contributed by atoms with Gasteiger partial charge in [-0.3, -0.25) is 4.79 Å². The van der Waals surface area contributed by atoms with Crippen molar-refractivity contribution in [2.45, 2.75) is 33.6 Å². The molecule has 0 fully saturated rings. The number of hydrogen-bond acceptors (Lipinski definition) is 4. The summed E-state index contributed by atoms with van der Waals surface area (Å²) in [6.45, 7) is 8.12. The molecule has 1 N–H and O–H groups in total. The smallest absolute Gasteiger partial charge is 0.274 e. The fourth-order valence-corrected chi connectivity index (χ4v) is 2.36. The Morgan fingerprint density at radius 2 is 1.74 bits per heavy atom. The minimum Gasteiger partial charge on any atom is -0.357 e. The fourth-order valence-electron chi connectivity index (χ4n) is 2.36. The summed E-state index contributed by atoms with van der Waals surface area (Å²) in [5.74, 6) is 0.586. The summed E-state index contributed by atoms with van der Waals surface area (Å²) in [7, 11) is 0. The molecule has 2 rings (SSSR count). The van der Waals surface area contributed by atoms with E-state index >= 15 is 0 Å². The highest BCUT2D eigenvalue weighted by Gasteiger charge is 2.12. The Balaban J connectivity index is 2.14. The second-order valence-electron chi connectivity index (χ2n) is 5.57. The first-order valence-electron chi connectivity index (χ1n) is 8.09. The van der Waals surface area contributed by atoms with Crippen LogP contribution in [-0.2, 0) is 0 Å². The summed E-state index contributed by atoms with van der Waals surface area (Å²) in [4.78, 5) is 23.0. The maximum absolute atomic E-state index is 12.4. The van der Waals surface area contributed by atoms with E-state index in [2.05, 4.69) is 34.0 Å². The zero-order valence-corrected chi connectivity index (χ0v) is 14.0. The first-order chi connectivity index (χ1) is 11.1. The average molecular weight is 312 g/mol. The van der Waals surface area contributed by atoms with Gasteiger partial charge in [0.2, 0.25) is 0 Å². The van der Waals surface area contributed by atoms with Gasteiger partial charge in [0.1, 0.15) is 17.8 Å². The van der Waals surface area contributed by atoms with Gasteiger partial charge >= 0.3 is 0 Å². The molecule has 1 aromatic carbocycles. The van der Waals surface area contributed by atoms with E-state index in [-0.39, 0.29) is 5.91 Å². The maximum Gasteiger partial charge on any atom is 0.274 e. The van der Waals surface area contributed by atoms with Crippen molar-refractivity contribution in [2.24, 2.45) is 0 Å². The highest BCUT2D eigenvalue weighted by molar-refractivity contribution is 6.03. The molecule has 1 amide bonds. The Bertz CT molecular complexity index is 634. The number of amides is 1. The van der Waals surface area contributed by atoms with Gasteiger partial charge in [0.25, 0.3) is 5.91 Å². The second kappa shape index (κ2) is 8.27. The molecule has 5 nitrogen and oxygen atoms in total. The Labute approximate surface area is 137 Å². The van der Waals surface area contributed by atoms with Crippen LogP contribution in [0.2, 0.25) is 0 Å². The van der Waals surface area contributed by atoms with E-state index in [4.69, 9.17) is 0 Å².